The van der Waals surface area contributed by atoms with Crippen LogP contribution in [-0.4, -0.2) is 63.1 Å². The third-order valence-corrected chi connectivity index (χ3v) is 6.44. The van der Waals surface area contributed by atoms with Crippen LogP contribution < -0.4 is 21.7 Å². The normalized spacial score (nSPS) is 14.3. The van der Waals surface area contributed by atoms with Gasteiger partial charge >= 0.3 is 5.97 Å². The fourth-order valence-corrected chi connectivity index (χ4v) is 4.14. The van der Waals surface area contributed by atoms with Crippen LogP contribution in [0.5, 0.6) is 5.75 Å². The SMILES string of the molecule is CC(NC(=O)C(NC(=O)C(Cc1ccc(O)cc1)NC(=O)C(N)Cc1c[nH]c2ccccc12)C(C)C)C(=O)O. The van der Waals surface area contributed by atoms with Crippen LogP contribution in [0, 0.1) is 5.92 Å². The van der Waals surface area contributed by atoms with E-state index in [1.807, 2.05) is 24.3 Å². The Hall–Kier alpha value is -4.38. The molecule has 2 aromatic carbocycles. The van der Waals surface area contributed by atoms with Crippen LogP contribution in [0.1, 0.15) is 31.9 Å². The predicted molar refractivity (Wildman–Crippen MR) is 146 cm³/mol. The molecule has 3 aromatic rings. The van der Waals surface area contributed by atoms with Gasteiger partial charge in [0.1, 0.15) is 23.9 Å². The number of carboxylic acids is 1. The Labute approximate surface area is 226 Å². The third kappa shape index (κ3) is 7.81. The van der Waals surface area contributed by atoms with Gasteiger partial charge < -0.3 is 36.9 Å². The van der Waals surface area contributed by atoms with E-state index in [4.69, 9.17) is 10.8 Å². The van der Waals surface area contributed by atoms with Crippen LogP contribution in [0.3, 0.4) is 0 Å². The zero-order chi connectivity index (χ0) is 28.7. The molecule has 3 rings (SSSR count). The monoisotopic (exact) mass is 537 g/mol. The first kappa shape index (κ1) is 29.2. The average molecular weight is 538 g/mol. The minimum Gasteiger partial charge on any atom is -0.508 e. The number of fused-ring (bicyclic) bond motifs is 1. The largest absolute Gasteiger partial charge is 0.508 e. The molecule has 0 saturated carbocycles. The molecule has 11 heteroatoms. The number of aromatic amines is 1. The Bertz CT molecular complexity index is 1320. The number of aliphatic carboxylic acids is 1. The molecule has 4 unspecified atom stereocenters. The van der Waals surface area contributed by atoms with Crippen molar-refractivity contribution < 1.29 is 29.4 Å². The van der Waals surface area contributed by atoms with Gasteiger partial charge in [0, 0.05) is 23.5 Å². The first-order valence-corrected chi connectivity index (χ1v) is 12.7. The molecule has 0 fully saturated rings. The van der Waals surface area contributed by atoms with Crippen LogP contribution in [-0.2, 0) is 32.0 Å². The molecule has 0 bridgehead atoms. The molecule has 3 amide bonds. The summed E-state index contributed by atoms with van der Waals surface area (Å²) in [5.74, 6) is -3.37. The molecule has 208 valence electrons. The third-order valence-electron chi connectivity index (χ3n) is 6.44. The van der Waals surface area contributed by atoms with Crippen LogP contribution in [0.15, 0.2) is 54.7 Å². The smallest absolute Gasteiger partial charge is 0.325 e. The van der Waals surface area contributed by atoms with E-state index in [1.54, 1.807) is 32.2 Å². The van der Waals surface area contributed by atoms with E-state index < -0.39 is 47.9 Å². The second-order valence-corrected chi connectivity index (χ2v) is 9.90. The molecule has 1 aromatic heterocycles. The molecule has 0 saturated heterocycles. The summed E-state index contributed by atoms with van der Waals surface area (Å²) in [6, 6.07) is 9.56. The summed E-state index contributed by atoms with van der Waals surface area (Å²) in [6.45, 7) is 4.74. The number of carbonyl (C=O) groups is 4. The number of benzene rings is 2. The number of hydrogen-bond donors (Lipinski definition) is 7. The van der Waals surface area contributed by atoms with Crippen molar-refractivity contribution in [2.24, 2.45) is 11.7 Å². The molecule has 8 N–H and O–H groups in total. The molecule has 0 aliphatic heterocycles. The number of amides is 3. The molecule has 0 spiro atoms. The number of nitrogens with two attached hydrogens (primary N) is 1. The molecule has 0 aliphatic carbocycles. The Morgan fingerprint density at radius 1 is 0.872 bits per heavy atom. The summed E-state index contributed by atoms with van der Waals surface area (Å²) < 4.78 is 0. The summed E-state index contributed by atoms with van der Waals surface area (Å²) in [7, 11) is 0. The predicted octanol–water partition coefficient (Wildman–Crippen LogP) is 1.20. The van der Waals surface area contributed by atoms with E-state index in [-0.39, 0.29) is 24.5 Å². The number of H-pyrrole nitrogens is 1. The number of phenols is 1. The molecule has 1 heterocycles. The Balaban J connectivity index is 1.77. The number of rotatable bonds is 12. The van der Waals surface area contributed by atoms with Gasteiger partial charge in [-0.2, -0.15) is 0 Å². The van der Waals surface area contributed by atoms with Gasteiger partial charge in [-0.05, 0) is 48.6 Å². The van der Waals surface area contributed by atoms with E-state index in [9.17, 15) is 24.3 Å². The Morgan fingerprint density at radius 3 is 2.18 bits per heavy atom. The number of phenolic OH excluding ortho intramolecular Hbond substituents is 1. The first-order chi connectivity index (χ1) is 18.5. The lowest BCUT2D eigenvalue weighted by atomic mass is 10.00. The minimum absolute atomic E-state index is 0.0497. The van der Waals surface area contributed by atoms with Crippen molar-refractivity contribution in [3.63, 3.8) is 0 Å². The summed E-state index contributed by atoms with van der Waals surface area (Å²) in [6.07, 6.45) is 2.09. The van der Waals surface area contributed by atoms with Crippen molar-refractivity contribution >= 4 is 34.6 Å². The lowest BCUT2D eigenvalue weighted by Gasteiger charge is -2.26. The highest BCUT2D eigenvalue weighted by Crippen LogP contribution is 2.19. The van der Waals surface area contributed by atoms with Gasteiger partial charge in [-0.1, -0.05) is 44.2 Å². The summed E-state index contributed by atoms with van der Waals surface area (Å²) in [5, 5.41) is 27.4. The van der Waals surface area contributed by atoms with Crippen LogP contribution >= 0.6 is 0 Å². The summed E-state index contributed by atoms with van der Waals surface area (Å²) in [4.78, 5) is 53.6. The second kappa shape index (κ2) is 12.9. The summed E-state index contributed by atoms with van der Waals surface area (Å²) >= 11 is 0. The van der Waals surface area contributed by atoms with Gasteiger partial charge in [0.2, 0.25) is 17.7 Å². The van der Waals surface area contributed by atoms with Gasteiger partial charge in [-0.3, -0.25) is 19.2 Å². The van der Waals surface area contributed by atoms with Gasteiger partial charge in [0.15, 0.2) is 0 Å². The lowest BCUT2D eigenvalue weighted by Crippen LogP contribution is -2.58. The number of carboxylic acid groups (broad SMARTS) is 1. The van der Waals surface area contributed by atoms with E-state index in [0.29, 0.717) is 5.56 Å². The molecule has 0 radical (unpaired) electrons. The van der Waals surface area contributed by atoms with Crippen LogP contribution in [0.25, 0.3) is 10.9 Å². The van der Waals surface area contributed by atoms with Crippen molar-refractivity contribution in [3.05, 3.63) is 65.9 Å². The topological polar surface area (TPSA) is 187 Å². The van der Waals surface area contributed by atoms with E-state index >= 15 is 0 Å². The van der Waals surface area contributed by atoms with Gasteiger partial charge in [-0.25, -0.2) is 0 Å². The maximum atomic E-state index is 13.4. The van der Waals surface area contributed by atoms with Crippen molar-refractivity contribution in [3.8, 4) is 5.75 Å². The van der Waals surface area contributed by atoms with Gasteiger partial charge in [0.25, 0.3) is 0 Å². The second-order valence-electron chi connectivity index (χ2n) is 9.90. The van der Waals surface area contributed by atoms with E-state index in [1.165, 1.54) is 19.1 Å². The highest BCUT2D eigenvalue weighted by Gasteiger charge is 2.31. The van der Waals surface area contributed by atoms with Crippen molar-refractivity contribution in [2.75, 3.05) is 0 Å². The maximum Gasteiger partial charge on any atom is 0.325 e. The number of carbonyl (C=O) groups excluding carboxylic acids is 3. The highest BCUT2D eigenvalue weighted by molar-refractivity contribution is 5.94. The highest BCUT2D eigenvalue weighted by atomic mass is 16.4. The first-order valence-electron chi connectivity index (χ1n) is 12.7. The van der Waals surface area contributed by atoms with Gasteiger partial charge in [-0.15, -0.1) is 0 Å². The Morgan fingerprint density at radius 2 is 1.54 bits per heavy atom. The lowest BCUT2D eigenvalue weighted by molar-refractivity contribution is -0.142. The zero-order valence-corrected chi connectivity index (χ0v) is 22.1. The summed E-state index contributed by atoms with van der Waals surface area (Å²) in [5.41, 5.74) is 8.66. The molecule has 4 atom stereocenters. The number of aromatic hydroxyl groups is 1. The average Bonchev–Trinajstić information content (AvgIpc) is 3.30. The van der Waals surface area contributed by atoms with Crippen molar-refractivity contribution in [2.45, 2.75) is 57.8 Å². The zero-order valence-electron chi connectivity index (χ0n) is 22.1. The Kier molecular flexibility index (Phi) is 9.67. The molecular weight excluding hydrogens is 502 g/mol. The number of hydrogen-bond acceptors (Lipinski definition) is 6. The molecule has 39 heavy (non-hydrogen) atoms. The van der Waals surface area contributed by atoms with E-state index in [0.717, 1.165) is 16.5 Å². The number of nitrogens with one attached hydrogen (secondary N) is 4. The number of para-hydroxylation sites is 1. The minimum atomic E-state index is -1.21. The molecular formula is C28H35N5O6. The molecule has 0 aliphatic rings. The van der Waals surface area contributed by atoms with Crippen molar-refractivity contribution in [1.82, 2.24) is 20.9 Å². The van der Waals surface area contributed by atoms with Crippen LogP contribution in [0.4, 0.5) is 0 Å². The number of aromatic nitrogens is 1. The quantitative estimate of drug-likeness (QED) is 0.181. The fraction of sp³-hybridized carbons (Fsp3) is 0.357. The molecule has 11 nitrogen and oxygen atoms in total. The van der Waals surface area contributed by atoms with Gasteiger partial charge in [0.05, 0.1) is 6.04 Å². The standard InChI is InChI=1S/C28H35N5O6/c1-15(2)24(27(37)31-16(3)28(38)39)33-26(36)23(12-17-8-10-19(34)11-9-17)32-25(35)21(29)13-18-14-30-22-7-5-4-6-20(18)22/h4-11,14-16,21,23-24,30,34H,12-13,29H2,1-3H3,(H,31,37)(H,32,35)(H,33,36)(H,38,39). The maximum absolute atomic E-state index is 13.4. The van der Waals surface area contributed by atoms with Crippen molar-refractivity contribution in [1.29, 1.82) is 0 Å². The fourth-order valence-electron chi connectivity index (χ4n) is 4.14. The van der Waals surface area contributed by atoms with Crippen LogP contribution in [0.2, 0.25) is 0 Å². The van der Waals surface area contributed by atoms with E-state index in [2.05, 4.69) is 20.9 Å².